The van der Waals surface area contributed by atoms with Gasteiger partial charge < -0.3 is 10.5 Å². The van der Waals surface area contributed by atoms with Crippen LogP contribution in [0.15, 0.2) is 18.2 Å². The van der Waals surface area contributed by atoms with Crippen molar-refractivity contribution in [3.63, 3.8) is 0 Å². The number of hydrogen-bond acceptors (Lipinski definition) is 2. The quantitative estimate of drug-likeness (QED) is 0.643. The van der Waals surface area contributed by atoms with Crippen LogP contribution in [0.2, 0.25) is 0 Å². The van der Waals surface area contributed by atoms with Crippen LogP contribution in [0.5, 0.6) is 0 Å². The van der Waals surface area contributed by atoms with Gasteiger partial charge in [0.2, 0.25) is 0 Å². The van der Waals surface area contributed by atoms with Crippen molar-refractivity contribution in [1.29, 1.82) is 0 Å². The third-order valence-electron chi connectivity index (χ3n) is 2.13. The van der Waals surface area contributed by atoms with Gasteiger partial charge in [-0.1, -0.05) is 6.07 Å². The fourth-order valence-corrected chi connectivity index (χ4v) is 1.24. The highest BCUT2D eigenvalue weighted by atomic mass is 19.1. The number of hydrogen-bond donors (Lipinski definition) is 1. The van der Waals surface area contributed by atoms with E-state index in [1.807, 2.05) is 0 Å². The van der Waals surface area contributed by atoms with E-state index in [0.29, 0.717) is 5.92 Å². The van der Waals surface area contributed by atoms with Crippen LogP contribution in [-0.2, 0) is 4.74 Å². The molecule has 0 radical (unpaired) electrons. The zero-order valence-corrected chi connectivity index (χ0v) is 6.59. The monoisotopic (exact) mass is 167 g/mol. The largest absolute Gasteiger partial charge is 0.396 e. The predicted molar refractivity (Wildman–Crippen MR) is 44.4 cm³/mol. The Hall–Kier alpha value is -1.09. The molecule has 1 aliphatic rings. The molecule has 2 nitrogen and oxygen atoms in total. The van der Waals surface area contributed by atoms with Gasteiger partial charge in [-0.15, -0.1) is 0 Å². The average molecular weight is 167 g/mol. The number of rotatable bonds is 1. The van der Waals surface area contributed by atoms with Gasteiger partial charge in [0.05, 0.1) is 18.9 Å². The second-order valence-corrected chi connectivity index (χ2v) is 3.02. The molecule has 1 aromatic rings. The van der Waals surface area contributed by atoms with Crippen LogP contribution in [0.1, 0.15) is 11.5 Å². The van der Waals surface area contributed by atoms with E-state index in [4.69, 9.17) is 10.5 Å². The number of benzene rings is 1. The Kier molecular flexibility index (Phi) is 1.73. The number of ether oxygens (including phenoxy) is 1. The molecule has 0 amide bonds. The molecule has 0 saturated carbocycles. The fraction of sp³-hybridized carbons (Fsp3) is 0.333. The second kappa shape index (κ2) is 2.75. The van der Waals surface area contributed by atoms with Crippen molar-refractivity contribution in [3.05, 3.63) is 29.6 Å². The molecule has 1 aliphatic heterocycles. The first kappa shape index (κ1) is 7.55. The van der Waals surface area contributed by atoms with Crippen LogP contribution in [0.3, 0.4) is 0 Å². The molecule has 1 heterocycles. The lowest BCUT2D eigenvalue weighted by Crippen LogP contribution is -2.25. The molecule has 1 aromatic carbocycles. The Morgan fingerprint density at radius 1 is 1.42 bits per heavy atom. The number of halogens is 1. The molecule has 1 saturated heterocycles. The predicted octanol–water partition coefficient (Wildman–Crippen LogP) is 1.52. The molecule has 1 fully saturated rings. The van der Waals surface area contributed by atoms with E-state index in [1.54, 1.807) is 12.1 Å². The van der Waals surface area contributed by atoms with Gasteiger partial charge in [-0.2, -0.15) is 0 Å². The van der Waals surface area contributed by atoms with E-state index in [1.165, 1.54) is 6.07 Å². The average Bonchev–Trinajstić information content (AvgIpc) is 1.93. The number of anilines is 1. The maximum atomic E-state index is 12.7. The maximum absolute atomic E-state index is 12.7. The molecule has 3 heteroatoms. The van der Waals surface area contributed by atoms with Gasteiger partial charge in [-0.3, -0.25) is 0 Å². The standard InChI is InChI=1S/C9H10FNO/c10-8-2-1-6(3-9(8)11)7-4-12-5-7/h1-3,7H,4-5,11H2. The van der Waals surface area contributed by atoms with Crippen molar-refractivity contribution in [3.8, 4) is 0 Å². The molecule has 0 aliphatic carbocycles. The third-order valence-corrected chi connectivity index (χ3v) is 2.13. The van der Waals surface area contributed by atoms with E-state index in [2.05, 4.69) is 0 Å². The molecule has 0 aromatic heterocycles. The molecule has 0 unspecified atom stereocenters. The van der Waals surface area contributed by atoms with Gasteiger partial charge >= 0.3 is 0 Å². The van der Waals surface area contributed by atoms with E-state index in [-0.39, 0.29) is 11.5 Å². The summed E-state index contributed by atoms with van der Waals surface area (Å²) in [6.45, 7) is 1.45. The number of nitrogen functional groups attached to an aromatic ring is 1. The van der Waals surface area contributed by atoms with Gasteiger partial charge in [0.25, 0.3) is 0 Å². The normalized spacial score (nSPS) is 17.4. The van der Waals surface area contributed by atoms with Crippen molar-refractivity contribution in [2.24, 2.45) is 0 Å². The zero-order chi connectivity index (χ0) is 8.55. The summed E-state index contributed by atoms with van der Waals surface area (Å²) in [5.74, 6) is 0.0619. The zero-order valence-electron chi connectivity index (χ0n) is 6.59. The maximum Gasteiger partial charge on any atom is 0.146 e. The molecule has 2 rings (SSSR count). The minimum Gasteiger partial charge on any atom is -0.396 e. The fourth-order valence-electron chi connectivity index (χ4n) is 1.24. The summed E-state index contributed by atoms with van der Waals surface area (Å²) < 4.78 is 17.8. The van der Waals surface area contributed by atoms with E-state index in [0.717, 1.165) is 18.8 Å². The minimum absolute atomic E-state index is 0.222. The Bertz CT molecular complexity index is 297. The lowest BCUT2D eigenvalue weighted by molar-refractivity contribution is 0.00842. The van der Waals surface area contributed by atoms with Crippen LogP contribution in [0.4, 0.5) is 10.1 Å². The summed E-state index contributed by atoms with van der Waals surface area (Å²) in [6.07, 6.45) is 0. The highest BCUT2D eigenvalue weighted by Crippen LogP contribution is 2.26. The van der Waals surface area contributed by atoms with Crippen LogP contribution >= 0.6 is 0 Å². The summed E-state index contributed by atoms with van der Waals surface area (Å²) in [7, 11) is 0. The lowest BCUT2D eigenvalue weighted by atomic mass is 9.97. The molecule has 2 N–H and O–H groups in total. The summed E-state index contributed by atoms with van der Waals surface area (Å²) in [4.78, 5) is 0. The Morgan fingerprint density at radius 2 is 2.17 bits per heavy atom. The van der Waals surface area contributed by atoms with Crippen molar-refractivity contribution < 1.29 is 9.13 Å². The van der Waals surface area contributed by atoms with Gasteiger partial charge in [0, 0.05) is 5.92 Å². The first-order valence-electron chi connectivity index (χ1n) is 3.90. The van der Waals surface area contributed by atoms with Gasteiger partial charge in [0.1, 0.15) is 5.82 Å². The first-order valence-corrected chi connectivity index (χ1v) is 3.90. The molecule has 0 spiro atoms. The summed E-state index contributed by atoms with van der Waals surface area (Å²) >= 11 is 0. The van der Waals surface area contributed by atoms with Gasteiger partial charge in [-0.25, -0.2) is 4.39 Å². The third kappa shape index (κ3) is 1.16. The molecular weight excluding hydrogens is 157 g/mol. The van der Waals surface area contributed by atoms with Crippen molar-refractivity contribution in [1.82, 2.24) is 0 Å². The second-order valence-electron chi connectivity index (χ2n) is 3.02. The Balaban J connectivity index is 2.27. The highest BCUT2D eigenvalue weighted by Gasteiger charge is 2.20. The minimum atomic E-state index is -0.348. The van der Waals surface area contributed by atoms with E-state index in [9.17, 15) is 4.39 Å². The Labute approximate surface area is 70.1 Å². The molecule has 64 valence electrons. The van der Waals surface area contributed by atoms with Crippen LogP contribution in [0, 0.1) is 5.82 Å². The van der Waals surface area contributed by atoms with Gasteiger partial charge in [0.15, 0.2) is 0 Å². The molecule has 0 bridgehead atoms. The summed E-state index contributed by atoms with van der Waals surface area (Å²) in [5, 5.41) is 0. The molecule has 12 heavy (non-hydrogen) atoms. The van der Waals surface area contributed by atoms with Crippen LogP contribution in [-0.4, -0.2) is 13.2 Å². The molecule has 0 atom stereocenters. The van der Waals surface area contributed by atoms with Crippen molar-refractivity contribution >= 4 is 5.69 Å². The van der Waals surface area contributed by atoms with E-state index < -0.39 is 0 Å². The van der Waals surface area contributed by atoms with Gasteiger partial charge in [-0.05, 0) is 17.7 Å². The van der Waals surface area contributed by atoms with Crippen molar-refractivity contribution in [2.75, 3.05) is 18.9 Å². The van der Waals surface area contributed by atoms with Crippen molar-refractivity contribution in [2.45, 2.75) is 5.92 Å². The van der Waals surface area contributed by atoms with Crippen LogP contribution in [0.25, 0.3) is 0 Å². The summed E-state index contributed by atoms with van der Waals surface area (Å²) in [6, 6.07) is 4.85. The Morgan fingerprint density at radius 3 is 2.67 bits per heavy atom. The summed E-state index contributed by atoms with van der Waals surface area (Å²) in [5.41, 5.74) is 6.71. The van der Waals surface area contributed by atoms with Crippen LogP contribution < -0.4 is 5.73 Å². The molecular formula is C9H10FNO. The lowest BCUT2D eigenvalue weighted by Gasteiger charge is -2.26. The smallest absolute Gasteiger partial charge is 0.146 e. The topological polar surface area (TPSA) is 35.2 Å². The highest BCUT2D eigenvalue weighted by molar-refractivity contribution is 5.43. The SMILES string of the molecule is Nc1cc(C2COC2)ccc1F. The number of nitrogens with two attached hydrogens (primary N) is 1. The van der Waals surface area contributed by atoms with E-state index >= 15 is 0 Å². The first-order chi connectivity index (χ1) is 5.77.